The third-order valence-electron chi connectivity index (χ3n) is 8.35. The predicted molar refractivity (Wildman–Crippen MR) is 167 cm³/mol. The predicted octanol–water partition coefficient (Wildman–Crippen LogP) is 4.35. The molecule has 0 radical (unpaired) electrons. The number of carbonyl (C=O) groups is 3. The van der Waals surface area contributed by atoms with Crippen LogP contribution in [0.3, 0.4) is 0 Å². The molecule has 0 unspecified atom stereocenters. The van der Waals surface area contributed by atoms with Crippen LogP contribution in [0.15, 0.2) is 48.2 Å². The number of hydrogen-bond acceptors (Lipinski definition) is 6. The lowest BCUT2D eigenvalue weighted by atomic mass is 9.93. The Hall–Kier alpha value is -3.44. The van der Waals surface area contributed by atoms with Crippen LogP contribution in [0.4, 0.5) is 10.1 Å². The molecule has 2 fully saturated rings. The Bertz CT molecular complexity index is 1610. The van der Waals surface area contributed by atoms with E-state index in [1.165, 1.54) is 7.11 Å². The van der Waals surface area contributed by atoms with Gasteiger partial charge >= 0.3 is 5.97 Å². The van der Waals surface area contributed by atoms with Crippen LogP contribution < -0.4 is 16.0 Å². The van der Waals surface area contributed by atoms with Gasteiger partial charge in [0, 0.05) is 56.2 Å². The maximum atomic E-state index is 15.9. The summed E-state index contributed by atoms with van der Waals surface area (Å²) in [5.74, 6) is -1.01. The summed E-state index contributed by atoms with van der Waals surface area (Å²) >= 11 is 12.8. The molecule has 0 atom stereocenters. The Balaban J connectivity index is 1.22. The number of halogens is 3. The normalized spacial score (nSPS) is 16.9. The van der Waals surface area contributed by atoms with E-state index in [0.29, 0.717) is 45.5 Å². The molecule has 0 spiro atoms. The summed E-state index contributed by atoms with van der Waals surface area (Å²) in [6, 6.07) is 10.9. The summed E-state index contributed by atoms with van der Waals surface area (Å²) in [4.78, 5) is 39.3. The number of alkyl halides is 1. The fourth-order valence-electron chi connectivity index (χ4n) is 5.55. The Labute approximate surface area is 265 Å². The molecule has 2 aliphatic rings. The summed E-state index contributed by atoms with van der Waals surface area (Å²) in [5.41, 5.74) is 6.08. The van der Waals surface area contributed by atoms with Gasteiger partial charge in [0.2, 0.25) is 0 Å². The number of piperidine rings is 1. The maximum absolute atomic E-state index is 15.9. The van der Waals surface area contributed by atoms with Gasteiger partial charge in [0.25, 0.3) is 5.91 Å². The molecule has 9 nitrogen and oxygen atoms in total. The highest BCUT2D eigenvalue weighted by Crippen LogP contribution is 2.37. The van der Waals surface area contributed by atoms with Crippen molar-refractivity contribution in [2.75, 3.05) is 44.9 Å². The SMILES string of the molecule is COC(=O)CNC(=O)c1cn(C)c2cc(N3CCC(F)(COCC(C(=O)C4CC4)=C([NH3+])c4c(Cl)cccc4Cl)CC3)ccc12. The lowest BCUT2D eigenvalue weighted by Gasteiger charge is -2.37. The number of nitrogens with zero attached hydrogens (tertiary/aromatic N) is 2. The van der Waals surface area contributed by atoms with E-state index in [-0.39, 0.29) is 50.2 Å². The summed E-state index contributed by atoms with van der Waals surface area (Å²) < 4.78 is 28.2. The zero-order chi connectivity index (χ0) is 31.6. The molecule has 2 heterocycles. The second kappa shape index (κ2) is 13.3. The van der Waals surface area contributed by atoms with Crippen molar-refractivity contribution in [3.05, 3.63) is 69.3 Å². The average molecular weight is 647 g/mol. The first-order valence-corrected chi connectivity index (χ1v) is 15.3. The van der Waals surface area contributed by atoms with Crippen LogP contribution in [0.25, 0.3) is 16.6 Å². The van der Waals surface area contributed by atoms with Crippen LogP contribution in [0.2, 0.25) is 10.0 Å². The van der Waals surface area contributed by atoms with Crippen molar-refractivity contribution in [3.63, 3.8) is 0 Å². The van der Waals surface area contributed by atoms with Crippen LogP contribution in [0.5, 0.6) is 0 Å². The largest absolute Gasteiger partial charge is 0.468 e. The number of Topliss-reactive ketones (excluding diaryl/α,β-unsaturated/α-hetero) is 1. The maximum Gasteiger partial charge on any atom is 0.325 e. The fraction of sp³-hybridized carbons (Fsp3) is 0.406. The van der Waals surface area contributed by atoms with Crippen molar-refractivity contribution in [2.45, 2.75) is 31.4 Å². The minimum absolute atomic E-state index is 0.0473. The molecule has 3 aromatic rings. The number of fused-ring (bicyclic) bond motifs is 1. The molecule has 4 N–H and O–H groups in total. The number of quaternary nitrogens is 1. The van der Waals surface area contributed by atoms with Crippen molar-refractivity contribution in [1.82, 2.24) is 9.88 Å². The molecule has 5 rings (SSSR count). The van der Waals surface area contributed by atoms with E-state index in [2.05, 4.69) is 20.7 Å². The van der Waals surface area contributed by atoms with Gasteiger partial charge in [-0.25, -0.2) is 4.39 Å². The molecule has 1 aromatic heterocycles. The number of hydrogen-bond donors (Lipinski definition) is 2. The monoisotopic (exact) mass is 645 g/mol. The minimum Gasteiger partial charge on any atom is -0.468 e. The third kappa shape index (κ3) is 6.94. The number of aryl methyl sites for hydroxylation is 1. The number of amides is 1. The molecule has 1 amide bonds. The van der Waals surface area contributed by atoms with Gasteiger partial charge in [-0.05, 0) is 43.2 Å². The molecule has 12 heteroatoms. The average Bonchev–Trinajstić information content (AvgIpc) is 3.81. The first kappa shape index (κ1) is 32.0. The van der Waals surface area contributed by atoms with Crippen LogP contribution >= 0.6 is 23.2 Å². The van der Waals surface area contributed by atoms with E-state index in [1.54, 1.807) is 24.4 Å². The Morgan fingerprint density at radius 2 is 1.80 bits per heavy atom. The van der Waals surface area contributed by atoms with Gasteiger partial charge in [-0.15, -0.1) is 0 Å². The standard InChI is InChI=1S/C32H35Cl2FN4O5/c1-38-16-22(31(42)37-15-27(40)43-2)21-9-8-20(14-26(21)38)39-12-10-32(35,11-13-39)18-44-17-23(30(41)19-6-7-19)29(36)28-24(33)4-3-5-25(28)34/h3-5,8-9,14,16,19H,6-7,10-13,15,17-18,36H2,1-2H3,(H,37,42)/p+1. The molecule has 1 aliphatic heterocycles. The first-order chi connectivity index (χ1) is 21.0. The third-order valence-corrected chi connectivity index (χ3v) is 8.98. The van der Waals surface area contributed by atoms with E-state index in [9.17, 15) is 14.4 Å². The van der Waals surface area contributed by atoms with E-state index in [4.69, 9.17) is 27.9 Å². The number of ketones is 1. The molecule has 1 saturated carbocycles. The molecule has 0 bridgehead atoms. The highest BCUT2D eigenvalue weighted by atomic mass is 35.5. The Morgan fingerprint density at radius 1 is 1.11 bits per heavy atom. The molecule has 234 valence electrons. The van der Waals surface area contributed by atoms with Gasteiger partial charge in [0.1, 0.15) is 17.9 Å². The highest BCUT2D eigenvalue weighted by Gasteiger charge is 2.38. The second-order valence-corrected chi connectivity index (χ2v) is 12.3. The molecule has 2 aromatic carbocycles. The van der Waals surface area contributed by atoms with E-state index in [0.717, 1.165) is 29.4 Å². The zero-order valence-corrected chi connectivity index (χ0v) is 26.3. The number of carbonyl (C=O) groups excluding carboxylic acids is 3. The van der Waals surface area contributed by atoms with E-state index < -0.39 is 11.6 Å². The first-order valence-electron chi connectivity index (χ1n) is 14.5. The number of rotatable bonds is 11. The molecular weight excluding hydrogens is 610 g/mol. The fourth-order valence-corrected chi connectivity index (χ4v) is 6.18. The summed E-state index contributed by atoms with van der Waals surface area (Å²) in [6.45, 7) is 0.522. The van der Waals surface area contributed by atoms with Gasteiger partial charge in [0.15, 0.2) is 5.78 Å². The number of methoxy groups -OCH3 is 1. The lowest BCUT2D eigenvalue weighted by molar-refractivity contribution is -0.245. The van der Waals surface area contributed by atoms with Crippen LogP contribution in [0.1, 0.15) is 41.6 Å². The smallest absolute Gasteiger partial charge is 0.325 e. The van der Waals surface area contributed by atoms with Crippen molar-refractivity contribution in [2.24, 2.45) is 13.0 Å². The lowest BCUT2D eigenvalue weighted by Crippen LogP contribution is -2.49. The quantitative estimate of drug-likeness (QED) is 0.237. The molecule has 1 saturated heterocycles. The van der Waals surface area contributed by atoms with Gasteiger partial charge in [-0.1, -0.05) is 29.3 Å². The molecular formula is C32H36Cl2FN4O5+. The topological polar surface area (TPSA) is 118 Å². The number of aromatic nitrogens is 1. The van der Waals surface area contributed by atoms with Gasteiger partial charge in [-0.2, -0.15) is 0 Å². The number of anilines is 1. The summed E-state index contributed by atoms with van der Waals surface area (Å²) in [7, 11) is 3.11. The van der Waals surface area contributed by atoms with E-state index in [1.807, 2.05) is 29.8 Å². The zero-order valence-electron chi connectivity index (χ0n) is 24.8. The van der Waals surface area contributed by atoms with Gasteiger partial charge < -0.3 is 30.0 Å². The Morgan fingerprint density at radius 3 is 2.43 bits per heavy atom. The van der Waals surface area contributed by atoms with Crippen LogP contribution in [-0.4, -0.2) is 67.9 Å². The van der Waals surface area contributed by atoms with Crippen LogP contribution in [0, 0.1) is 5.92 Å². The summed E-state index contributed by atoms with van der Waals surface area (Å²) in [5, 5.41) is 4.10. The molecule has 44 heavy (non-hydrogen) atoms. The second-order valence-electron chi connectivity index (χ2n) is 11.4. The van der Waals surface area contributed by atoms with Crippen LogP contribution in [-0.2, 0) is 26.1 Å². The highest BCUT2D eigenvalue weighted by molar-refractivity contribution is 6.37. The number of benzene rings is 2. The van der Waals surface area contributed by atoms with Crippen molar-refractivity contribution in [3.8, 4) is 0 Å². The number of esters is 1. The van der Waals surface area contributed by atoms with Crippen molar-refractivity contribution in [1.29, 1.82) is 0 Å². The summed E-state index contributed by atoms with van der Waals surface area (Å²) in [6.07, 6.45) is 3.85. The van der Waals surface area contributed by atoms with E-state index >= 15 is 4.39 Å². The number of ether oxygens (including phenoxy) is 2. The Kier molecular flexibility index (Phi) is 9.65. The van der Waals surface area contributed by atoms with Gasteiger partial charge in [-0.3, -0.25) is 14.4 Å². The molecule has 1 aliphatic carbocycles. The van der Waals surface area contributed by atoms with Crippen molar-refractivity contribution < 1.29 is 34.0 Å². The van der Waals surface area contributed by atoms with Crippen molar-refractivity contribution >= 4 is 63.1 Å². The number of nitrogens with one attached hydrogen (secondary N) is 1. The minimum atomic E-state index is -1.55. The van der Waals surface area contributed by atoms with Gasteiger partial charge in [0.05, 0.1) is 52.6 Å².